The van der Waals surface area contributed by atoms with Crippen LogP contribution in [0.25, 0.3) is 6.08 Å². The van der Waals surface area contributed by atoms with E-state index in [2.05, 4.69) is 6.92 Å². The van der Waals surface area contributed by atoms with E-state index >= 15 is 0 Å². The maximum Gasteiger partial charge on any atom is 0.331 e. The van der Waals surface area contributed by atoms with Crippen LogP contribution in [0.2, 0.25) is 0 Å². The Kier molecular flexibility index (Phi) is 7.65. The quantitative estimate of drug-likeness (QED) is 0.324. The molecule has 2 aromatic carbocycles. The Bertz CT molecular complexity index is 941. The lowest BCUT2D eigenvalue weighted by Gasteiger charge is -2.23. The summed E-state index contributed by atoms with van der Waals surface area (Å²) in [7, 11) is 0. The molecule has 156 valence electrons. The topological polar surface area (TPSA) is 66.8 Å². The van der Waals surface area contributed by atoms with Crippen molar-refractivity contribution in [2.75, 3.05) is 6.61 Å². The Morgan fingerprint density at radius 2 is 1.87 bits per heavy atom. The Labute approximate surface area is 185 Å². The Morgan fingerprint density at radius 3 is 2.50 bits per heavy atom. The number of carboxylic acids is 1. The molecule has 3 rings (SSSR count). The predicted octanol–water partition coefficient (Wildman–Crippen LogP) is 5.28. The minimum absolute atomic E-state index is 0.235. The van der Waals surface area contributed by atoms with Gasteiger partial charge in [-0.15, -0.1) is 0 Å². The molecule has 1 N–H and O–H groups in total. The third-order valence-electron chi connectivity index (χ3n) is 4.63. The third kappa shape index (κ3) is 5.29. The van der Waals surface area contributed by atoms with Crippen LogP contribution in [0.5, 0.6) is 5.75 Å². The summed E-state index contributed by atoms with van der Waals surface area (Å²) >= 11 is 6.46. The molecule has 1 unspecified atom stereocenters. The molecule has 1 heterocycles. The van der Waals surface area contributed by atoms with Crippen molar-refractivity contribution in [3.8, 4) is 5.75 Å². The number of hydrogen-bond acceptors (Lipinski definition) is 5. The number of amides is 1. The lowest BCUT2D eigenvalue weighted by molar-refractivity contribution is -0.145. The van der Waals surface area contributed by atoms with Crippen molar-refractivity contribution < 1.29 is 19.4 Å². The largest absolute Gasteiger partial charge is 0.494 e. The number of carbonyl (C=O) groups is 2. The van der Waals surface area contributed by atoms with Gasteiger partial charge in [-0.1, -0.05) is 86.2 Å². The van der Waals surface area contributed by atoms with Gasteiger partial charge in [0, 0.05) is 0 Å². The van der Waals surface area contributed by atoms with Gasteiger partial charge in [-0.2, -0.15) is 0 Å². The fraction of sp³-hybridized carbons (Fsp3) is 0.261. The summed E-state index contributed by atoms with van der Waals surface area (Å²) in [6, 6.07) is 15.0. The Balaban J connectivity index is 1.75. The number of thioether (sulfide) groups is 1. The molecule has 0 bridgehead atoms. The Hall–Kier alpha value is -2.64. The summed E-state index contributed by atoms with van der Waals surface area (Å²) in [6.45, 7) is 2.83. The highest BCUT2D eigenvalue weighted by Crippen LogP contribution is 2.38. The van der Waals surface area contributed by atoms with Crippen molar-refractivity contribution in [3.63, 3.8) is 0 Å². The summed E-state index contributed by atoms with van der Waals surface area (Å²) < 4.78 is 5.94. The fourth-order valence-corrected chi connectivity index (χ4v) is 4.41. The van der Waals surface area contributed by atoms with Gasteiger partial charge >= 0.3 is 5.97 Å². The molecule has 1 saturated heterocycles. The summed E-state index contributed by atoms with van der Waals surface area (Å²) in [4.78, 5) is 26.5. The lowest BCUT2D eigenvalue weighted by Crippen LogP contribution is -2.37. The van der Waals surface area contributed by atoms with Crippen LogP contribution in [0.15, 0.2) is 59.5 Å². The highest BCUT2D eigenvalue weighted by Gasteiger charge is 2.41. The minimum atomic E-state index is -1.15. The zero-order valence-electron chi connectivity index (χ0n) is 16.6. The normalized spacial score (nSPS) is 16.2. The second-order valence-electron chi connectivity index (χ2n) is 6.83. The summed E-state index contributed by atoms with van der Waals surface area (Å²) in [5.41, 5.74) is 1.33. The fourth-order valence-electron chi connectivity index (χ4n) is 3.09. The molecule has 2 aromatic rings. The number of benzene rings is 2. The van der Waals surface area contributed by atoms with Gasteiger partial charge in [0.15, 0.2) is 6.04 Å². The molecule has 1 atom stereocenters. The molecule has 5 nitrogen and oxygen atoms in total. The smallest absolute Gasteiger partial charge is 0.331 e. The van der Waals surface area contributed by atoms with Crippen LogP contribution in [0.1, 0.15) is 43.4 Å². The highest BCUT2D eigenvalue weighted by atomic mass is 32.2. The molecule has 0 saturated carbocycles. The molecule has 0 spiro atoms. The summed E-state index contributed by atoms with van der Waals surface area (Å²) in [5, 5.41) is 9.74. The number of hydrogen-bond donors (Lipinski definition) is 1. The zero-order chi connectivity index (χ0) is 21.5. The minimum Gasteiger partial charge on any atom is -0.494 e. The first kappa shape index (κ1) is 22.1. The van der Waals surface area contributed by atoms with Crippen LogP contribution in [0.3, 0.4) is 0 Å². The molecule has 1 amide bonds. The van der Waals surface area contributed by atoms with Crippen LogP contribution in [0, 0.1) is 0 Å². The lowest BCUT2D eigenvalue weighted by atomic mass is 10.1. The van der Waals surface area contributed by atoms with Gasteiger partial charge in [-0.3, -0.25) is 9.69 Å². The van der Waals surface area contributed by atoms with E-state index < -0.39 is 17.9 Å². The molecule has 0 aromatic heterocycles. The SMILES string of the molecule is CCCCCOc1ccc(/C=C2\SC(=S)N(C(C(=O)O)c3ccccc3)C2=O)cc1. The monoisotopic (exact) mass is 441 g/mol. The van der Waals surface area contributed by atoms with Gasteiger partial charge in [0.05, 0.1) is 11.5 Å². The van der Waals surface area contributed by atoms with E-state index in [1.54, 1.807) is 36.4 Å². The van der Waals surface area contributed by atoms with Gasteiger partial charge in [-0.25, -0.2) is 4.79 Å². The molecule has 1 aliphatic rings. The molecule has 30 heavy (non-hydrogen) atoms. The van der Waals surface area contributed by atoms with Crippen molar-refractivity contribution in [2.24, 2.45) is 0 Å². The van der Waals surface area contributed by atoms with Gasteiger partial charge in [0.1, 0.15) is 10.1 Å². The van der Waals surface area contributed by atoms with Gasteiger partial charge in [0.2, 0.25) is 0 Å². The number of carbonyl (C=O) groups excluding carboxylic acids is 1. The van der Waals surface area contributed by atoms with E-state index in [0.717, 1.165) is 42.3 Å². The van der Waals surface area contributed by atoms with Crippen molar-refractivity contribution in [3.05, 3.63) is 70.6 Å². The van der Waals surface area contributed by atoms with Crippen LogP contribution >= 0.6 is 24.0 Å². The second kappa shape index (κ2) is 10.4. The van der Waals surface area contributed by atoms with Crippen molar-refractivity contribution in [1.29, 1.82) is 0 Å². The third-order valence-corrected chi connectivity index (χ3v) is 5.96. The molecule has 0 aliphatic carbocycles. The van der Waals surface area contributed by atoms with Crippen molar-refractivity contribution >= 4 is 46.3 Å². The van der Waals surface area contributed by atoms with E-state index in [-0.39, 0.29) is 4.32 Å². The van der Waals surface area contributed by atoms with E-state index in [1.165, 1.54) is 4.90 Å². The molecule has 7 heteroatoms. The number of ether oxygens (including phenoxy) is 1. The summed E-state index contributed by atoms with van der Waals surface area (Å²) in [6.07, 6.45) is 5.03. The number of carboxylic acid groups (broad SMARTS) is 1. The average molecular weight is 442 g/mol. The van der Waals surface area contributed by atoms with Crippen LogP contribution in [0.4, 0.5) is 0 Å². The van der Waals surface area contributed by atoms with Gasteiger partial charge in [-0.05, 0) is 35.8 Å². The van der Waals surface area contributed by atoms with Crippen LogP contribution in [-0.4, -0.2) is 32.8 Å². The first-order valence-electron chi connectivity index (χ1n) is 9.79. The predicted molar refractivity (Wildman–Crippen MR) is 123 cm³/mol. The van der Waals surface area contributed by atoms with E-state index in [1.807, 2.05) is 24.3 Å². The van der Waals surface area contributed by atoms with Gasteiger partial charge in [0.25, 0.3) is 5.91 Å². The van der Waals surface area contributed by atoms with Crippen LogP contribution < -0.4 is 4.74 Å². The number of aliphatic carboxylic acids is 1. The first-order chi connectivity index (χ1) is 14.5. The standard InChI is InChI=1S/C23H23NO4S2/c1-2-3-7-14-28-18-12-10-16(11-13-18)15-19-21(25)24(23(29)30-19)20(22(26)27)17-8-5-4-6-9-17/h4-6,8-13,15,20H,2-3,7,14H2,1H3,(H,26,27)/b19-15-. The van der Waals surface area contributed by atoms with Crippen molar-refractivity contribution in [2.45, 2.75) is 32.2 Å². The maximum absolute atomic E-state index is 13.0. The van der Waals surface area contributed by atoms with E-state index in [0.29, 0.717) is 17.1 Å². The number of rotatable bonds is 9. The van der Waals surface area contributed by atoms with Crippen molar-refractivity contribution in [1.82, 2.24) is 4.90 Å². The molecule has 1 fully saturated rings. The van der Waals surface area contributed by atoms with E-state index in [9.17, 15) is 14.7 Å². The van der Waals surface area contributed by atoms with Crippen LogP contribution in [-0.2, 0) is 9.59 Å². The van der Waals surface area contributed by atoms with E-state index in [4.69, 9.17) is 17.0 Å². The number of thiocarbonyl (C=S) groups is 1. The highest BCUT2D eigenvalue weighted by molar-refractivity contribution is 8.26. The summed E-state index contributed by atoms with van der Waals surface area (Å²) in [5.74, 6) is -0.740. The Morgan fingerprint density at radius 1 is 1.17 bits per heavy atom. The average Bonchev–Trinajstić information content (AvgIpc) is 3.01. The first-order valence-corrected chi connectivity index (χ1v) is 11.0. The number of unbranched alkanes of at least 4 members (excludes halogenated alkanes) is 2. The molecular formula is C23H23NO4S2. The van der Waals surface area contributed by atoms with Gasteiger partial charge < -0.3 is 9.84 Å². The number of nitrogens with zero attached hydrogens (tertiary/aromatic N) is 1. The zero-order valence-corrected chi connectivity index (χ0v) is 18.2. The molecule has 1 aliphatic heterocycles. The second-order valence-corrected chi connectivity index (χ2v) is 8.50. The molecule has 0 radical (unpaired) electrons. The maximum atomic E-state index is 13.0. The molecular weight excluding hydrogens is 418 g/mol.